The van der Waals surface area contributed by atoms with Gasteiger partial charge in [0.05, 0.1) is 11.9 Å². The molecule has 0 radical (unpaired) electrons. The molecule has 2 aromatic heterocycles. The lowest BCUT2D eigenvalue weighted by atomic mass is 9.94. The minimum atomic E-state index is 0.0832. The average Bonchev–Trinajstić information content (AvgIpc) is 3.11. The van der Waals surface area contributed by atoms with E-state index in [9.17, 15) is 4.79 Å². The minimum absolute atomic E-state index is 0.0832. The number of carbonyl (C=O) groups is 1. The molecule has 0 fully saturated rings. The first-order valence-corrected chi connectivity index (χ1v) is 8.51. The summed E-state index contributed by atoms with van der Waals surface area (Å²) in [5, 5.41) is 8.06. The molecule has 0 spiro atoms. The van der Waals surface area contributed by atoms with Crippen LogP contribution in [-0.2, 0) is 24.7 Å². The van der Waals surface area contributed by atoms with Gasteiger partial charge in [0.2, 0.25) is 5.91 Å². The van der Waals surface area contributed by atoms with Crippen molar-refractivity contribution in [2.75, 3.05) is 5.32 Å². The van der Waals surface area contributed by atoms with Crippen LogP contribution in [0, 0.1) is 5.92 Å². The lowest BCUT2D eigenvalue weighted by molar-refractivity contribution is -0.120. The highest BCUT2D eigenvalue weighted by Gasteiger charge is 2.25. The Morgan fingerprint density at radius 3 is 3.14 bits per heavy atom. The second-order valence-electron chi connectivity index (χ2n) is 5.89. The Morgan fingerprint density at radius 1 is 1.41 bits per heavy atom. The number of hydrogen-bond donors (Lipinski definition) is 1. The number of carbonyl (C=O) groups excluding carboxylic acids is 1. The topological polar surface area (TPSA) is 59.8 Å². The first-order valence-electron chi connectivity index (χ1n) is 7.69. The van der Waals surface area contributed by atoms with Crippen molar-refractivity contribution < 1.29 is 4.79 Å². The van der Waals surface area contributed by atoms with Crippen molar-refractivity contribution in [3.05, 3.63) is 28.9 Å². The quantitative estimate of drug-likeness (QED) is 0.867. The third-order valence-corrected chi connectivity index (χ3v) is 5.50. The highest BCUT2D eigenvalue weighted by molar-refractivity contribution is 7.16. The number of rotatable bonds is 2. The van der Waals surface area contributed by atoms with Crippen LogP contribution >= 0.6 is 11.3 Å². The van der Waals surface area contributed by atoms with E-state index in [1.807, 2.05) is 17.9 Å². The molecule has 1 unspecified atom stereocenters. The molecule has 1 atom stereocenters. The number of anilines is 1. The van der Waals surface area contributed by atoms with E-state index in [1.165, 1.54) is 10.6 Å². The first kappa shape index (κ1) is 13.7. The average molecular weight is 314 g/mol. The second kappa shape index (κ2) is 5.35. The number of hydrogen-bond acceptors (Lipinski definition) is 4. The Labute approximate surface area is 133 Å². The van der Waals surface area contributed by atoms with Gasteiger partial charge in [-0.25, -0.2) is 4.98 Å². The molecular weight excluding hydrogens is 296 g/mol. The number of aromatic nitrogens is 3. The summed E-state index contributed by atoms with van der Waals surface area (Å²) in [4.78, 5) is 18.2. The molecule has 114 valence electrons. The number of thiazole rings is 1. The summed E-state index contributed by atoms with van der Waals surface area (Å²) in [5.74, 6) is 0.182. The molecule has 2 heterocycles. The van der Waals surface area contributed by atoms with Crippen LogP contribution in [0.25, 0.3) is 11.3 Å². The standard InChI is InChI=1S/C16H18N4OS/c1-20-12-7-8-13-14(11(12)9-17-20)18-16(22-13)19-15(21)10-5-3-2-4-6-10/h2-3,9-10H,4-8H2,1H3,(H,18,19,21). The third-order valence-electron chi connectivity index (χ3n) is 4.47. The smallest absolute Gasteiger partial charge is 0.229 e. The molecule has 0 bridgehead atoms. The van der Waals surface area contributed by atoms with Crippen molar-refractivity contribution in [2.24, 2.45) is 13.0 Å². The zero-order chi connectivity index (χ0) is 15.1. The molecule has 0 saturated heterocycles. The van der Waals surface area contributed by atoms with E-state index in [4.69, 9.17) is 0 Å². The molecule has 5 nitrogen and oxygen atoms in total. The summed E-state index contributed by atoms with van der Waals surface area (Å²) in [6.07, 6.45) is 10.8. The van der Waals surface area contributed by atoms with Gasteiger partial charge in [-0.15, -0.1) is 11.3 Å². The van der Waals surface area contributed by atoms with Crippen molar-refractivity contribution >= 4 is 22.4 Å². The molecule has 2 aromatic rings. The van der Waals surface area contributed by atoms with Gasteiger partial charge < -0.3 is 5.32 Å². The van der Waals surface area contributed by atoms with E-state index in [2.05, 4.69) is 27.6 Å². The second-order valence-corrected chi connectivity index (χ2v) is 6.97. The Bertz CT molecular complexity index is 758. The van der Waals surface area contributed by atoms with Crippen molar-refractivity contribution in [3.8, 4) is 11.3 Å². The lowest BCUT2D eigenvalue weighted by Gasteiger charge is -2.15. The van der Waals surface area contributed by atoms with E-state index < -0.39 is 0 Å². The molecule has 1 N–H and O–H groups in total. The monoisotopic (exact) mass is 314 g/mol. The largest absolute Gasteiger partial charge is 0.302 e. The molecule has 2 aliphatic rings. The number of nitrogens with zero attached hydrogens (tertiary/aromatic N) is 3. The van der Waals surface area contributed by atoms with E-state index >= 15 is 0 Å². The van der Waals surface area contributed by atoms with Gasteiger partial charge in [-0.2, -0.15) is 5.10 Å². The van der Waals surface area contributed by atoms with Crippen molar-refractivity contribution in [3.63, 3.8) is 0 Å². The Kier molecular flexibility index (Phi) is 3.33. The third kappa shape index (κ3) is 2.27. The van der Waals surface area contributed by atoms with Crippen LogP contribution in [0.3, 0.4) is 0 Å². The highest BCUT2D eigenvalue weighted by atomic mass is 32.1. The summed E-state index contributed by atoms with van der Waals surface area (Å²) < 4.78 is 1.92. The van der Waals surface area contributed by atoms with Crippen molar-refractivity contribution in [2.45, 2.75) is 32.1 Å². The van der Waals surface area contributed by atoms with E-state index in [0.29, 0.717) is 0 Å². The maximum absolute atomic E-state index is 12.3. The van der Waals surface area contributed by atoms with Gasteiger partial charge in [0.15, 0.2) is 5.13 Å². The zero-order valence-electron chi connectivity index (χ0n) is 12.5. The van der Waals surface area contributed by atoms with Crippen molar-refractivity contribution in [1.82, 2.24) is 14.8 Å². The van der Waals surface area contributed by atoms with Gasteiger partial charge in [0.25, 0.3) is 0 Å². The molecule has 0 aliphatic heterocycles. The summed E-state index contributed by atoms with van der Waals surface area (Å²) >= 11 is 1.60. The fourth-order valence-corrected chi connectivity index (χ4v) is 4.19. The van der Waals surface area contributed by atoms with Gasteiger partial charge in [-0.1, -0.05) is 12.2 Å². The fourth-order valence-electron chi connectivity index (χ4n) is 3.21. The van der Waals surface area contributed by atoms with Crippen molar-refractivity contribution in [1.29, 1.82) is 0 Å². The molecule has 4 rings (SSSR count). The molecule has 0 aromatic carbocycles. The van der Waals surface area contributed by atoms with E-state index in [-0.39, 0.29) is 11.8 Å². The van der Waals surface area contributed by atoms with Crippen LogP contribution in [0.4, 0.5) is 5.13 Å². The number of amides is 1. The summed E-state index contributed by atoms with van der Waals surface area (Å²) in [6, 6.07) is 0. The molecule has 22 heavy (non-hydrogen) atoms. The maximum Gasteiger partial charge on any atom is 0.229 e. The van der Waals surface area contributed by atoms with Gasteiger partial charge in [-0.05, 0) is 32.1 Å². The van der Waals surface area contributed by atoms with Crippen LogP contribution in [0.1, 0.15) is 29.8 Å². The van der Waals surface area contributed by atoms with Crippen LogP contribution in [0.2, 0.25) is 0 Å². The molecule has 6 heteroatoms. The predicted molar refractivity (Wildman–Crippen MR) is 86.8 cm³/mol. The highest BCUT2D eigenvalue weighted by Crippen LogP contribution is 2.38. The zero-order valence-corrected chi connectivity index (χ0v) is 13.3. The van der Waals surface area contributed by atoms with E-state index in [0.717, 1.165) is 48.5 Å². The van der Waals surface area contributed by atoms with Gasteiger partial charge in [0, 0.05) is 29.1 Å². The summed E-state index contributed by atoms with van der Waals surface area (Å²) in [7, 11) is 1.97. The fraction of sp³-hybridized carbons (Fsp3) is 0.438. The number of aryl methyl sites for hydroxylation is 2. The van der Waals surface area contributed by atoms with Crippen LogP contribution in [0.15, 0.2) is 18.3 Å². The molecule has 1 amide bonds. The Morgan fingerprint density at radius 2 is 2.32 bits per heavy atom. The van der Waals surface area contributed by atoms with Gasteiger partial charge >= 0.3 is 0 Å². The van der Waals surface area contributed by atoms with Crippen LogP contribution in [0.5, 0.6) is 0 Å². The predicted octanol–water partition coefficient (Wildman–Crippen LogP) is 2.94. The Balaban J connectivity index is 1.57. The summed E-state index contributed by atoms with van der Waals surface area (Å²) in [5.41, 5.74) is 3.34. The summed E-state index contributed by atoms with van der Waals surface area (Å²) in [6.45, 7) is 0. The normalized spacial score (nSPS) is 19.6. The maximum atomic E-state index is 12.3. The van der Waals surface area contributed by atoms with Gasteiger partial charge in [-0.3, -0.25) is 9.48 Å². The van der Waals surface area contributed by atoms with Gasteiger partial charge in [0.1, 0.15) is 0 Å². The number of allylic oxidation sites excluding steroid dienone is 2. The number of fused-ring (bicyclic) bond motifs is 3. The minimum Gasteiger partial charge on any atom is -0.302 e. The molecule has 2 aliphatic carbocycles. The number of nitrogens with one attached hydrogen (secondary N) is 1. The van der Waals surface area contributed by atoms with Crippen LogP contribution in [-0.4, -0.2) is 20.7 Å². The lowest BCUT2D eigenvalue weighted by Crippen LogP contribution is -2.23. The Hall–Kier alpha value is -1.95. The molecule has 0 saturated carbocycles. The first-order chi connectivity index (χ1) is 10.7. The SMILES string of the molecule is Cn1ncc2c1CCc1sc(NC(=O)C3CC=CCC3)nc1-2. The van der Waals surface area contributed by atoms with E-state index in [1.54, 1.807) is 11.3 Å². The van der Waals surface area contributed by atoms with Crippen LogP contribution < -0.4 is 5.32 Å². The molecular formula is C16H18N4OS.